The highest BCUT2D eigenvalue weighted by Crippen LogP contribution is 2.10. The van der Waals surface area contributed by atoms with Gasteiger partial charge in [0.05, 0.1) is 6.61 Å². The lowest BCUT2D eigenvalue weighted by molar-refractivity contribution is 0.141. The molecule has 0 amide bonds. The minimum Gasteiger partial charge on any atom is -0.304 e. The summed E-state index contributed by atoms with van der Waals surface area (Å²) in [5.74, 6) is 4.88. The summed E-state index contributed by atoms with van der Waals surface area (Å²) in [6.45, 7) is 0.401. The van der Waals surface area contributed by atoms with E-state index in [4.69, 9.17) is 5.90 Å². The van der Waals surface area contributed by atoms with Gasteiger partial charge in [0.1, 0.15) is 0 Å². The van der Waals surface area contributed by atoms with Crippen molar-refractivity contribution < 1.29 is 13.6 Å². The Kier molecular flexibility index (Phi) is 4.49. The molecule has 0 aliphatic heterocycles. The Morgan fingerprint density at radius 3 is 2.64 bits per heavy atom. The Bertz CT molecular complexity index is 279. The average molecular weight is 201 g/mol. The minimum atomic E-state index is -2.30. The summed E-state index contributed by atoms with van der Waals surface area (Å²) in [6.07, 6.45) is -1.85. The van der Waals surface area contributed by atoms with Gasteiger partial charge in [-0.1, -0.05) is 24.3 Å². The zero-order valence-corrected chi connectivity index (χ0v) is 7.75. The van der Waals surface area contributed by atoms with Gasteiger partial charge in [0.2, 0.25) is 6.43 Å². The highest BCUT2D eigenvalue weighted by atomic mass is 19.3. The molecule has 1 rings (SSSR count). The van der Waals surface area contributed by atoms with Crippen molar-refractivity contribution in [3.8, 4) is 0 Å². The monoisotopic (exact) mass is 201 g/mol. The van der Waals surface area contributed by atoms with Crippen molar-refractivity contribution in [3.05, 3.63) is 35.4 Å². The van der Waals surface area contributed by atoms with E-state index in [1.807, 2.05) is 6.07 Å². The van der Waals surface area contributed by atoms with Gasteiger partial charge in [-0.2, -0.15) is 0 Å². The topological polar surface area (TPSA) is 35.2 Å². The quantitative estimate of drug-likeness (QED) is 0.739. The third-order valence-corrected chi connectivity index (χ3v) is 1.89. The second-order valence-electron chi connectivity index (χ2n) is 3.04. The minimum absolute atomic E-state index is 0.197. The van der Waals surface area contributed by atoms with E-state index in [1.54, 1.807) is 18.2 Å². The molecule has 0 saturated heterocycles. The van der Waals surface area contributed by atoms with Gasteiger partial charge in [-0.15, -0.1) is 0 Å². The number of rotatable bonds is 5. The molecular formula is C10H13F2NO. The molecule has 14 heavy (non-hydrogen) atoms. The third-order valence-electron chi connectivity index (χ3n) is 1.89. The van der Waals surface area contributed by atoms with Crippen LogP contribution in [0.5, 0.6) is 0 Å². The Labute approximate surface area is 81.6 Å². The van der Waals surface area contributed by atoms with Crippen LogP contribution in [0.3, 0.4) is 0 Å². The van der Waals surface area contributed by atoms with Crippen molar-refractivity contribution in [3.63, 3.8) is 0 Å². The Morgan fingerprint density at radius 1 is 1.29 bits per heavy atom. The zero-order valence-electron chi connectivity index (χ0n) is 7.75. The molecule has 0 aliphatic carbocycles. The normalized spacial score (nSPS) is 10.9. The molecule has 2 nitrogen and oxygen atoms in total. The van der Waals surface area contributed by atoms with E-state index in [0.29, 0.717) is 18.6 Å². The lowest BCUT2D eigenvalue weighted by atomic mass is 10.1. The van der Waals surface area contributed by atoms with Crippen molar-refractivity contribution in [2.24, 2.45) is 5.90 Å². The Morgan fingerprint density at radius 2 is 2.00 bits per heavy atom. The summed E-state index contributed by atoms with van der Waals surface area (Å²) in [4.78, 5) is 4.42. The summed E-state index contributed by atoms with van der Waals surface area (Å²) in [6, 6.07) is 7.09. The molecule has 0 spiro atoms. The van der Waals surface area contributed by atoms with Crippen LogP contribution in [-0.4, -0.2) is 13.0 Å². The molecule has 0 aliphatic rings. The first kappa shape index (κ1) is 11.1. The number of hydrogen-bond acceptors (Lipinski definition) is 2. The fraction of sp³-hybridized carbons (Fsp3) is 0.400. The molecule has 0 atom stereocenters. The van der Waals surface area contributed by atoms with Crippen LogP contribution in [0.4, 0.5) is 8.78 Å². The Hall–Kier alpha value is -1.00. The zero-order chi connectivity index (χ0) is 10.4. The molecule has 4 heteroatoms. The first-order chi connectivity index (χ1) is 6.72. The van der Waals surface area contributed by atoms with Crippen molar-refractivity contribution >= 4 is 0 Å². The van der Waals surface area contributed by atoms with Gasteiger partial charge in [0.25, 0.3) is 0 Å². The van der Waals surface area contributed by atoms with Crippen LogP contribution in [0.2, 0.25) is 0 Å². The second kappa shape index (κ2) is 5.67. The molecular weight excluding hydrogens is 188 g/mol. The van der Waals surface area contributed by atoms with Crippen molar-refractivity contribution in [2.45, 2.75) is 19.3 Å². The predicted molar refractivity (Wildman–Crippen MR) is 50.0 cm³/mol. The van der Waals surface area contributed by atoms with Crippen LogP contribution in [0.1, 0.15) is 11.1 Å². The molecule has 0 fully saturated rings. The van der Waals surface area contributed by atoms with E-state index in [9.17, 15) is 8.78 Å². The molecule has 0 radical (unpaired) electrons. The maximum atomic E-state index is 12.1. The van der Waals surface area contributed by atoms with Crippen molar-refractivity contribution in [2.75, 3.05) is 6.61 Å². The van der Waals surface area contributed by atoms with Crippen LogP contribution >= 0.6 is 0 Å². The first-order valence-electron chi connectivity index (χ1n) is 4.40. The maximum Gasteiger partial charge on any atom is 0.242 e. The summed E-state index contributed by atoms with van der Waals surface area (Å²) in [5, 5.41) is 0. The molecule has 78 valence electrons. The van der Waals surface area contributed by atoms with E-state index in [1.165, 1.54) is 0 Å². The number of nitrogens with two attached hydrogens (primary N) is 1. The molecule has 0 heterocycles. The van der Waals surface area contributed by atoms with Crippen LogP contribution in [0, 0.1) is 0 Å². The highest BCUT2D eigenvalue weighted by molar-refractivity contribution is 5.24. The molecule has 0 bridgehead atoms. The Balaban J connectivity index is 2.59. The molecule has 0 aromatic heterocycles. The molecule has 2 N–H and O–H groups in total. The lowest BCUT2D eigenvalue weighted by Crippen LogP contribution is -2.04. The van der Waals surface area contributed by atoms with Crippen molar-refractivity contribution in [1.82, 2.24) is 0 Å². The van der Waals surface area contributed by atoms with E-state index < -0.39 is 6.43 Å². The van der Waals surface area contributed by atoms with Gasteiger partial charge in [0, 0.05) is 6.42 Å². The van der Waals surface area contributed by atoms with Crippen LogP contribution in [-0.2, 0) is 17.7 Å². The molecule has 1 aromatic rings. The van der Waals surface area contributed by atoms with E-state index in [-0.39, 0.29) is 6.42 Å². The number of alkyl halides is 2. The standard InChI is InChI=1S/C10H13F2NO/c11-10(12)7-9-3-1-2-8(6-9)4-5-14-13/h1-3,6,10H,4-5,7,13H2. The molecule has 1 aromatic carbocycles. The molecule has 0 unspecified atom stereocenters. The van der Waals surface area contributed by atoms with E-state index in [2.05, 4.69) is 4.84 Å². The third kappa shape index (κ3) is 3.81. The van der Waals surface area contributed by atoms with Gasteiger partial charge < -0.3 is 4.84 Å². The lowest BCUT2D eigenvalue weighted by Gasteiger charge is -2.04. The average Bonchev–Trinajstić information content (AvgIpc) is 2.14. The number of hydrogen-bond donors (Lipinski definition) is 1. The fourth-order valence-corrected chi connectivity index (χ4v) is 1.27. The SMILES string of the molecule is NOCCc1cccc(CC(F)F)c1. The van der Waals surface area contributed by atoms with E-state index in [0.717, 1.165) is 5.56 Å². The summed E-state index contributed by atoms with van der Waals surface area (Å²) in [5.41, 5.74) is 1.61. The van der Waals surface area contributed by atoms with Gasteiger partial charge in [-0.3, -0.25) is 0 Å². The van der Waals surface area contributed by atoms with Gasteiger partial charge in [-0.25, -0.2) is 14.7 Å². The molecule has 0 saturated carbocycles. The second-order valence-corrected chi connectivity index (χ2v) is 3.04. The smallest absolute Gasteiger partial charge is 0.242 e. The van der Waals surface area contributed by atoms with Gasteiger partial charge >= 0.3 is 0 Å². The van der Waals surface area contributed by atoms with Crippen molar-refractivity contribution in [1.29, 1.82) is 0 Å². The van der Waals surface area contributed by atoms with Crippen LogP contribution in [0.25, 0.3) is 0 Å². The van der Waals surface area contributed by atoms with Gasteiger partial charge in [0.15, 0.2) is 0 Å². The fourth-order valence-electron chi connectivity index (χ4n) is 1.27. The van der Waals surface area contributed by atoms with Crippen LogP contribution in [0.15, 0.2) is 24.3 Å². The van der Waals surface area contributed by atoms with Gasteiger partial charge in [-0.05, 0) is 17.5 Å². The summed E-state index contributed by atoms with van der Waals surface area (Å²) in [7, 11) is 0. The summed E-state index contributed by atoms with van der Waals surface area (Å²) >= 11 is 0. The first-order valence-corrected chi connectivity index (χ1v) is 4.40. The maximum absolute atomic E-state index is 12.1. The van der Waals surface area contributed by atoms with E-state index >= 15 is 0 Å². The number of halogens is 2. The summed E-state index contributed by atoms with van der Waals surface area (Å²) < 4.78 is 24.1. The largest absolute Gasteiger partial charge is 0.304 e. The predicted octanol–water partition coefficient (Wildman–Crippen LogP) is 1.93. The highest BCUT2D eigenvalue weighted by Gasteiger charge is 2.04. The number of benzene rings is 1. The van der Waals surface area contributed by atoms with Crippen LogP contribution < -0.4 is 5.90 Å².